The fraction of sp³-hybridized carbons (Fsp3) is 0.280. The van der Waals surface area contributed by atoms with Gasteiger partial charge in [-0.2, -0.15) is 0 Å². The van der Waals surface area contributed by atoms with E-state index in [2.05, 4.69) is 6.92 Å². The molecule has 5 N–H and O–H groups in total. The summed E-state index contributed by atoms with van der Waals surface area (Å²) in [4.78, 5) is 18.7. The zero-order valence-electron chi connectivity index (χ0n) is 18.0. The van der Waals surface area contributed by atoms with Crippen molar-refractivity contribution in [2.45, 2.75) is 38.3 Å². The van der Waals surface area contributed by atoms with Crippen LogP contribution in [-0.4, -0.2) is 21.5 Å². The maximum absolute atomic E-state index is 11.4. The number of hydrogen-bond donors (Lipinski definition) is 4. The summed E-state index contributed by atoms with van der Waals surface area (Å²) in [6, 6.07) is 16.7. The molecule has 0 radical (unpaired) electrons. The van der Waals surface area contributed by atoms with Gasteiger partial charge in [0, 0.05) is 23.2 Å². The van der Waals surface area contributed by atoms with Gasteiger partial charge in [-0.3, -0.25) is 4.57 Å². The first-order chi connectivity index (χ1) is 15.2. The Morgan fingerprint density at radius 2 is 1.81 bits per heavy atom. The highest BCUT2D eigenvalue weighted by atomic mass is 31.2. The molecule has 3 aromatic carbocycles. The Kier molecular flexibility index (Phi) is 6.29. The normalized spacial score (nSPS) is 14.8. The van der Waals surface area contributed by atoms with E-state index in [-0.39, 0.29) is 17.8 Å². The lowest BCUT2D eigenvalue weighted by molar-refractivity contribution is 0.309. The lowest BCUT2D eigenvalue weighted by Gasteiger charge is -2.17. The summed E-state index contributed by atoms with van der Waals surface area (Å²) in [7, 11) is -4.15. The molecule has 7 heteroatoms. The first-order valence-electron chi connectivity index (χ1n) is 10.8. The summed E-state index contributed by atoms with van der Waals surface area (Å²) in [6.07, 6.45) is 2.31. The number of unbranched alkanes of at least 4 members (excludes halogenated alkanes) is 1. The molecule has 0 bridgehead atoms. The third kappa shape index (κ3) is 4.83. The second-order valence-corrected chi connectivity index (χ2v) is 10.00. The monoisotopic (exact) mass is 453 g/mol. The number of aromatic hydroxyl groups is 1. The highest BCUT2D eigenvalue weighted by Gasteiger charge is 2.32. The van der Waals surface area contributed by atoms with Crippen LogP contribution >= 0.6 is 7.60 Å². The molecular weight excluding hydrogens is 425 g/mol. The first kappa shape index (κ1) is 22.4. The minimum Gasteiger partial charge on any atom is -0.508 e. The Morgan fingerprint density at radius 1 is 1.03 bits per heavy atom. The van der Waals surface area contributed by atoms with Crippen LogP contribution in [0.5, 0.6) is 11.5 Å². The fourth-order valence-corrected chi connectivity index (χ4v) is 5.12. The minimum atomic E-state index is -4.15. The number of phenols is 1. The van der Waals surface area contributed by atoms with E-state index in [1.807, 2.05) is 42.5 Å². The molecule has 0 fully saturated rings. The molecule has 1 unspecified atom stereocenters. The molecule has 1 atom stereocenters. The van der Waals surface area contributed by atoms with Crippen molar-refractivity contribution in [1.82, 2.24) is 0 Å². The summed E-state index contributed by atoms with van der Waals surface area (Å²) in [5.41, 5.74) is 11.8. The fourth-order valence-electron chi connectivity index (χ4n) is 4.44. The van der Waals surface area contributed by atoms with E-state index in [1.54, 1.807) is 12.1 Å². The number of nitrogens with two attached hydrogens (primary N) is 1. The number of fused-ring (bicyclic) bond motifs is 3. The zero-order valence-corrected chi connectivity index (χ0v) is 18.9. The lowest BCUT2D eigenvalue weighted by atomic mass is 9.89. The second-order valence-electron chi connectivity index (χ2n) is 8.35. The van der Waals surface area contributed by atoms with Crippen LogP contribution in [0.4, 0.5) is 5.69 Å². The summed E-state index contributed by atoms with van der Waals surface area (Å²) >= 11 is 0. The van der Waals surface area contributed by atoms with E-state index in [4.69, 9.17) is 10.5 Å². The van der Waals surface area contributed by atoms with Gasteiger partial charge in [0.15, 0.2) is 0 Å². The molecule has 0 saturated heterocycles. The van der Waals surface area contributed by atoms with Gasteiger partial charge in [-0.05, 0) is 58.9 Å². The van der Waals surface area contributed by atoms with Gasteiger partial charge in [-0.15, -0.1) is 0 Å². The molecule has 0 heterocycles. The van der Waals surface area contributed by atoms with Crippen molar-refractivity contribution >= 4 is 13.3 Å². The van der Waals surface area contributed by atoms with Gasteiger partial charge in [-0.1, -0.05) is 43.7 Å². The summed E-state index contributed by atoms with van der Waals surface area (Å²) in [5.74, 6) is 0.819. The minimum absolute atomic E-state index is 0.124. The summed E-state index contributed by atoms with van der Waals surface area (Å²) in [5, 5.41) is 10.8. The van der Waals surface area contributed by atoms with E-state index >= 15 is 0 Å². The number of ether oxygens (including phenoxy) is 1. The van der Waals surface area contributed by atoms with Crippen LogP contribution in [0.1, 0.15) is 47.9 Å². The Bertz CT molecular complexity index is 1190. The van der Waals surface area contributed by atoms with Gasteiger partial charge in [0.25, 0.3) is 0 Å². The van der Waals surface area contributed by atoms with E-state index in [1.165, 1.54) is 0 Å². The van der Waals surface area contributed by atoms with Crippen molar-refractivity contribution in [2.24, 2.45) is 0 Å². The number of hydrogen-bond acceptors (Lipinski definition) is 4. The predicted molar refractivity (Wildman–Crippen MR) is 126 cm³/mol. The molecule has 0 spiro atoms. The molecule has 0 aliphatic heterocycles. The first-order valence-corrected chi connectivity index (χ1v) is 12.6. The molecule has 0 amide bonds. The number of nitrogen functional groups attached to an aromatic ring is 1. The largest absolute Gasteiger partial charge is 0.508 e. The number of rotatable bonds is 8. The molecular formula is C25H28NO5P. The maximum Gasteiger partial charge on any atom is 0.329 e. The van der Waals surface area contributed by atoms with Crippen LogP contribution in [-0.2, 0) is 17.1 Å². The number of phenolic OH excluding ortho intramolecular Hbond substituents is 1. The Labute approximate surface area is 187 Å². The quantitative estimate of drug-likeness (QED) is 0.212. The number of anilines is 1. The van der Waals surface area contributed by atoms with Crippen LogP contribution in [0.3, 0.4) is 0 Å². The molecule has 0 aromatic heterocycles. The Hall–Kier alpha value is -2.79. The third-order valence-corrected chi connectivity index (χ3v) is 6.58. The van der Waals surface area contributed by atoms with Gasteiger partial charge in [0.1, 0.15) is 11.5 Å². The van der Waals surface area contributed by atoms with Crippen LogP contribution in [0, 0.1) is 0 Å². The van der Waals surface area contributed by atoms with Crippen molar-refractivity contribution in [2.75, 3.05) is 12.3 Å². The predicted octanol–water partition coefficient (Wildman–Crippen LogP) is 5.19. The SMILES string of the molecule is CCCCOc1ccc2c(c1)C(Cc1cccc(CP(=O)(O)O)c1)c1c(O)cc(N)cc1-2. The van der Waals surface area contributed by atoms with Crippen LogP contribution in [0.2, 0.25) is 0 Å². The van der Waals surface area contributed by atoms with Crippen molar-refractivity contribution in [1.29, 1.82) is 0 Å². The number of benzene rings is 3. The van der Waals surface area contributed by atoms with Gasteiger partial charge in [0.05, 0.1) is 12.8 Å². The maximum atomic E-state index is 11.4. The van der Waals surface area contributed by atoms with Gasteiger partial charge >= 0.3 is 7.60 Å². The smallest absolute Gasteiger partial charge is 0.329 e. The molecule has 6 nitrogen and oxygen atoms in total. The topological polar surface area (TPSA) is 113 Å². The zero-order chi connectivity index (χ0) is 22.9. The lowest BCUT2D eigenvalue weighted by Crippen LogP contribution is -2.04. The van der Waals surface area contributed by atoms with Crippen molar-refractivity contribution < 1.29 is 24.2 Å². The van der Waals surface area contributed by atoms with Crippen molar-refractivity contribution in [3.63, 3.8) is 0 Å². The molecule has 1 aliphatic rings. The second kappa shape index (κ2) is 8.99. The Morgan fingerprint density at radius 3 is 2.56 bits per heavy atom. The van der Waals surface area contributed by atoms with Crippen LogP contribution in [0.15, 0.2) is 54.6 Å². The van der Waals surface area contributed by atoms with E-state index in [0.717, 1.165) is 46.4 Å². The highest BCUT2D eigenvalue weighted by molar-refractivity contribution is 7.50. The van der Waals surface area contributed by atoms with Crippen LogP contribution < -0.4 is 10.5 Å². The van der Waals surface area contributed by atoms with E-state index in [9.17, 15) is 19.5 Å². The third-order valence-electron chi connectivity index (χ3n) is 5.80. The molecule has 0 saturated carbocycles. The van der Waals surface area contributed by atoms with Crippen molar-refractivity contribution in [3.8, 4) is 22.6 Å². The Balaban J connectivity index is 1.73. The summed E-state index contributed by atoms with van der Waals surface area (Å²) in [6.45, 7) is 2.77. The highest BCUT2D eigenvalue weighted by Crippen LogP contribution is 2.51. The van der Waals surface area contributed by atoms with Gasteiger partial charge < -0.3 is 25.4 Å². The average molecular weight is 453 g/mol. The molecule has 3 aromatic rings. The standard InChI is InChI=1S/C25H28NO5P/c1-2-3-9-31-19-7-8-20-21(14-19)22(25-23(20)12-18(26)13-24(25)27)11-16-5-4-6-17(10-16)15-32(28,29)30/h4-8,10,12-14,22,27H,2-3,9,11,15,26H2,1H3,(H2,28,29,30). The molecule has 32 heavy (non-hydrogen) atoms. The van der Waals surface area contributed by atoms with Crippen LogP contribution in [0.25, 0.3) is 11.1 Å². The van der Waals surface area contributed by atoms with Gasteiger partial charge in [-0.25, -0.2) is 0 Å². The van der Waals surface area contributed by atoms with E-state index < -0.39 is 7.60 Å². The summed E-state index contributed by atoms with van der Waals surface area (Å²) < 4.78 is 17.4. The molecule has 1 aliphatic carbocycles. The molecule has 4 rings (SSSR count). The average Bonchev–Trinajstić information content (AvgIpc) is 3.00. The molecule has 168 valence electrons. The van der Waals surface area contributed by atoms with E-state index in [0.29, 0.717) is 24.3 Å². The van der Waals surface area contributed by atoms with Crippen molar-refractivity contribution in [3.05, 3.63) is 76.9 Å². The van der Waals surface area contributed by atoms with Gasteiger partial charge in [0.2, 0.25) is 0 Å².